The van der Waals surface area contributed by atoms with E-state index in [4.69, 9.17) is 0 Å². The molecule has 2 nitrogen and oxygen atoms in total. The first kappa shape index (κ1) is 16.7. The minimum absolute atomic E-state index is 0.456. The predicted molar refractivity (Wildman–Crippen MR) is 63.9 cm³/mol. The van der Waals surface area contributed by atoms with Gasteiger partial charge in [-0.3, -0.25) is 4.79 Å². The average molecular weight is 272 g/mol. The molecule has 2 unspecified atom stereocenters. The monoisotopic (exact) mass is 272 g/mol. The van der Waals surface area contributed by atoms with E-state index in [0.29, 0.717) is 12.8 Å². The van der Waals surface area contributed by atoms with E-state index in [1.165, 1.54) is 0 Å². The molecule has 0 aliphatic rings. The van der Waals surface area contributed by atoms with E-state index in [2.05, 4.69) is 14.0 Å². The molecule has 0 bridgehead atoms. The van der Waals surface area contributed by atoms with Crippen LogP contribution in [0.4, 0.5) is 13.2 Å². The summed E-state index contributed by atoms with van der Waals surface area (Å²) in [6, 6.07) is 0. The lowest BCUT2D eigenvalue weighted by atomic mass is 9.97. The fourth-order valence-electron chi connectivity index (χ4n) is 1.40. The normalized spacial score (nSPS) is 15.4. The maximum atomic E-state index is 11.9. The smallest absolute Gasteiger partial charge is 0.422 e. The Kier molecular flexibility index (Phi) is 7.07. The number of ether oxygens (including phenoxy) is 1. The molecule has 0 aliphatic heterocycles. The minimum Gasteiger partial charge on any atom is -0.455 e. The molecule has 2 atom stereocenters. The number of rotatable bonds is 7. The van der Waals surface area contributed by atoms with Crippen LogP contribution in [0.5, 0.6) is 0 Å². The van der Waals surface area contributed by atoms with E-state index in [1.54, 1.807) is 6.92 Å². The third-order valence-corrected chi connectivity index (χ3v) is 3.56. The Balaban J connectivity index is 4.27. The van der Waals surface area contributed by atoms with Gasteiger partial charge in [-0.25, -0.2) is 0 Å². The first-order valence-corrected chi connectivity index (χ1v) is 6.35. The highest BCUT2D eigenvalue weighted by molar-refractivity contribution is 7.21. The van der Waals surface area contributed by atoms with E-state index in [-0.39, 0.29) is 0 Å². The predicted octanol–water partition coefficient (Wildman–Crippen LogP) is 3.70. The van der Waals surface area contributed by atoms with Crippen molar-refractivity contribution in [1.82, 2.24) is 0 Å². The van der Waals surface area contributed by atoms with Crippen molar-refractivity contribution in [3.8, 4) is 0 Å². The molecule has 17 heavy (non-hydrogen) atoms. The number of hydrogen-bond acceptors (Lipinski definition) is 2. The van der Waals surface area contributed by atoms with Crippen LogP contribution in [0.2, 0.25) is 0 Å². The largest absolute Gasteiger partial charge is 0.455 e. The van der Waals surface area contributed by atoms with Crippen molar-refractivity contribution in [3.63, 3.8) is 0 Å². The summed E-state index contributed by atoms with van der Waals surface area (Å²) in [6.07, 6.45) is -0.686. The fraction of sp³-hybridized carbons (Fsp3) is 0.909. The highest BCUT2D eigenvalue weighted by Crippen LogP contribution is 2.31. The molecule has 0 aromatic rings. The van der Waals surface area contributed by atoms with Crippen LogP contribution in [0.3, 0.4) is 0 Å². The van der Waals surface area contributed by atoms with Gasteiger partial charge in [0.1, 0.15) is 0 Å². The lowest BCUT2D eigenvalue weighted by Gasteiger charge is -2.25. The summed E-state index contributed by atoms with van der Waals surface area (Å²) in [4.78, 5) is 11.6. The van der Waals surface area contributed by atoms with Crippen molar-refractivity contribution >= 4 is 15.2 Å². The number of unbranched alkanes of at least 4 members (excludes halogenated alkanes) is 2. The lowest BCUT2D eigenvalue weighted by molar-refractivity contribution is -0.188. The topological polar surface area (TPSA) is 26.3 Å². The molecule has 0 rings (SSSR count). The van der Waals surface area contributed by atoms with Crippen molar-refractivity contribution in [2.24, 2.45) is 0 Å². The zero-order valence-electron chi connectivity index (χ0n) is 10.3. The Morgan fingerprint density at radius 1 is 1.24 bits per heavy atom. The summed E-state index contributed by atoms with van der Waals surface area (Å²) < 4.78 is 40.1. The zero-order valence-corrected chi connectivity index (χ0v) is 11.4. The quantitative estimate of drug-likeness (QED) is 0.401. The fourth-order valence-corrected chi connectivity index (χ4v) is 1.69. The van der Waals surface area contributed by atoms with Gasteiger partial charge >= 0.3 is 12.1 Å². The number of halogens is 3. The molecule has 102 valence electrons. The van der Waals surface area contributed by atoms with Crippen LogP contribution in [0.1, 0.15) is 46.0 Å². The number of hydrogen-bond donors (Lipinski definition) is 0. The van der Waals surface area contributed by atoms with Crippen molar-refractivity contribution in [1.29, 1.82) is 0 Å². The molecule has 0 radical (unpaired) electrons. The Morgan fingerprint density at radius 3 is 2.24 bits per heavy atom. The van der Waals surface area contributed by atoms with Crippen molar-refractivity contribution < 1.29 is 22.7 Å². The Bertz CT molecular complexity index is 243. The van der Waals surface area contributed by atoms with Crippen LogP contribution in [-0.4, -0.2) is 23.9 Å². The van der Waals surface area contributed by atoms with Gasteiger partial charge in [0.25, 0.3) is 0 Å². The van der Waals surface area contributed by atoms with Crippen LogP contribution in [-0.2, 0) is 9.53 Å². The van der Waals surface area contributed by atoms with Gasteiger partial charge in [0.2, 0.25) is 0 Å². The van der Waals surface area contributed by atoms with Gasteiger partial charge < -0.3 is 4.74 Å². The first-order chi connectivity index (χ1) is 7.75. The van der Waals surface area contributed by atoms with Gasteiger partial charge in [0.15, 0.2) is 6.61 Å². The second-order valence-corrected chi connectivity index (χ2v) is 5.26. The van der Waals surface area contributed by atoms with E-state index in [9.17, 15) is 18.0 Å². The zero-order chi connectivity index (χ0) is 13.5. The van der Waals surface area contributed by atoms with E-state index in [1.807, 2.05) is 6.92 Å². The maximum absolute atomic E-state index is 11.9. The molecule has 6 heteroatoms. The Labute approximate surface area is 102 Å². The summed E-state index contributed by atoms with van der Waals surface area (Å²) in [5, 5.41) is -0.875. The Hall–Kier alpha value is -0.310. The highest BCUT2D eigenvalue weighted by Gasteiger charge is 2.36. The van der Waals surface area contributed by atoms with Gasteiger partial charge in [-0.05, 0) is 12.8 Å². The van der Waals surface area contributed by atoms with Gasteiger partial charge in [-0.2, -0.15) is 13.2 Å². The molecule has 0 N–H and O–H groups in total. The summed E-state index contributed by atoms with van der Waals surface area (Å²) in [6.45, 7) is 2.29. The summed E-state index contributed by atoms with van der Waals surface area (Å²) in [7, 11) is 2.35. The molecule has 0 fully saturated rings. The molecule has 0 aromatic heterocycles. The molecule has 0 spiro atoms. The molecule has 0 heterocycles. The lowest BCUT2D eigenvalue weighted by Crippen LogP contribution is -2.35. The molecule has 0 aromatic carbocycles. The second-order valence-electron chi connectivity index (χ2n) is 4.16. The van der Waals surface area contributed by atoms with Crippen molar-refractivity contribution in [3.05, 3.63) is 0 Å². The van der Waals surface area contributed by atoms with Crippen LogP contribution < -0.4 is 0 Å². The number of esters is 1. The number of carbonyl (C=O) groups is 1. The first-order valence-electron chi connectivity index (χ1n) is 5.78. The second kappa shape index (κ2) is 7.20. The van der Waals surface area contributed by atoms with E-state index < -0.39 is 23.9 Å². The van der Waals surface area contributed by atoms with Crippen molar-refractivity contribution in [2.75, 3.05) is 6.61 Å². The third-order valence-electron chi connectivity index (χ3n) is 2.63. The van der Waals surface area contributed by atoms with Gasteiger partial charge in [0.05, 0.1) is 5.16 Å². The summed E-state index contributed by atoms with van der Waals surface area (Å²) in [5.41, 5.74) is 0. The SMILES string of the molecule is CCCCCC(P)(CC)C(=O)OCC(F)(F)F. The molecular formula is C11H20F3O2P. The van der Waals surface area contributed by atoms with Crippen molar-refractivity contribution in [2.45, 2.75) is 57.3 Å². The third kappa shape index (κ3) is 6.87. The van der Waals surface area contributed by atoms with E-state index in [0.717, 1.165) is 19.3 Å². The van der Waals surface area contributed by atoms with Crippen LogP contribution in [0.25, 0.3) is 0 Å². The number of alkyl halides is 3. The average Bonchev–Trinajstić information content (AvgIpc) is 2.25. The van der Waals surface area contributed by atoms with Crippen LogP contribution in [0, 0.1) is 0 Å². The Morgan fingerprint density at radius 2 is 1.82 bits per heavy atom. The minimum atomic E-state index is -4.46. The maximum Gasteiger partial charge on any atom is 0.422 e. The highest BCUT2D eigenvalue weighted by atomic mass is 31.0. The van der Waals surface area contributed by atoms with Crippen LogP contribution in [0.15, 0.2) is 0 Å². The van der Waals surface area contributed by atoms with Crippen LogP contribution >= 0.6 is 9.24 Å². The van der Waals surface area contributed by atoms with Gasteiger partial charge in [-0.15, -0.1) is 9.24 Å². The molecular weight excluding hydrogens is 252 g/mol. The molecule has 0 saturated heterocycles. The molecule has 0 amide bonds. The summed E-state index contributed by atoms with van der Waals surface area (Å²) in [5.74, 6) is -0.779. The van der Waals surface area contributed by atoms with Gasteiger partial charge in [-0.1, -0.05) is 33.1 Å². The standard InChI is InChI=1S/C11H20F3O2P/c1-3-5-6-7-10(17,4-2)9(15)16-8-11(12,13)14/h3-8,17H2,1-2H3. The molecule has 0 aliphatic carbocycles. The van der Waals surface area contributed by atoms with E-state index >= 15 is 0 Å². The molecule has 0 saturated carbocycles. The summed E-state index contributed by atoms with van der Waals surface area (Å²) >= 11 is 0. The van der Waals surface area contributed by atoms with Gasteiger partial charge in [0, 0.05) is 0 Å². The number of carbonyl (C=O) groups excluding carboxylic acids is 1.